The van der Waals surface area contributed by atoms with E-state index in [-0.39, 0.29) is 48.6 Å². The van der Waals surface area contributed by atoms with Gasteiger partial charge in [-0.15, -0.1) is 0 Å². The van der Waals surface area contributed by atoms with E-state index in [1.54, 1.807) is 19.2 Å². The van der Waals surface area contributed by atoms with Gasteiger partial charge in [-0.2, -0.15) is 13.2 Å². The molecular formula is C14H16F3N3O2S. The summed E-state index contributed by atoms with van der Waals surface area (Å²) in [6, 6.07) is 7.21. The molecule has 0 aliphatic carbocycles. The number of fused-ring (bicyclic) bond motifs is 1. The minimum absolute atomic E-state index is 0.0323. The van der Waals surface area contributed by atoms with Crippen LogP contribution in [0.3, 0.4) is 0 Å². The second-order valence-corrected chi connectivity index (χ2v) is 6.04. The third-order valence-electron chi connectivity index (χ3n) is 3.30. The molecule has 1 heterocycles. The van der Waals surface area contributed by atoms with Crippen LogP contribution in [0.5, 0.6) is 0 Å². The molecule has 126 valence electrons. The first kappa shape index (κ1) is 17.5. The van der Waals surface area contributed by atoms with Crippen molar-refractivity contribution in [1.82, 2.24) is 14.5 Å². The predicted octanol–water partition coefficient (Wildman–Crippen LogP) is 2.10. The molecule has 0 fully saturated rings. The van der Waals surface area contributed by atoms with Crippen molar-refractivity contribution in [2.45, 2.75) is 18.5 Å². The number of amides is 1. The highest BCUT2D eigenvalue weighted by molar-refractivity contribution is 8.00. The van der Waals surface area contributed by atoms with Crippen LogP contribution in [0.4, 0.5) is 13.2 Å². The van der Waals surface area contributed by atoms with Gasteiger partial charge in [0.25, 0.3) is 0 Å². The number of aromatic nitrogens is 2. The van der Waals surface area contributed by atoms with Gasteiger partial charge in [0.1, 0.15) is 0 Å². The Labute approximate surface area is 134 Å². The fourth-order valence-corrected chi connectivity index (χ4v) is 2.67. The van der Waals surface area contributed by atoms with Gasteiger partial charge in [-0.1, -0.05) is 12.1 Å². The minimum Gasteiger partial charge on any atom is -0.355 e. The summed E-state index contributed by atoms with van der Waals surface area (Å²) in [7, 11) is 1.65. The number of aryl methyl sites for hydroxylation is 2. The summed E-state index contributed by atoms with van der Waals surface area (Å²) in [5, 5.41) is 2.42. The van der Waals surface area contributed by atoms with E-state index >= 15 is 0 Å². The maximum atomic E-state index is 12.1. The largest absolute Gasteiger partial charge is 0.441 e. The molecule has 0 aliphatic heterocycles. The molecule has 0 saturated carbocycles. The van der Waals surface area contributed by atoms with Crippen LogP contribution in [0.25, 0.3) is 11.0 Å². The average Bonchev–Trinajstić information content (AvgIpc) is 2.73. The van der Waals surface area contributed by atoms with Crippen LogP contribution in [0.2, 0.25) is 0 Å². The number of para-hydroxylation sites is 2. The minimum atomic E-state index is -4.29. The normalized spacial score (nSPS) is 11.8. The van der Waals surface area contributed by atoms with Crippen LogP contribution >= 0.6 is 11.8 Å². The van der Waals surface area contributed by atoms with Gasteiger partial charge in [0.05, 0.1) is 11.0 Å². The van der Waals surface area contributed by atoms with Crippen LogP contribution in [0.15, 0.2) is 29.1 Å². The fraction of sp³-hybridized carbons (Fsp3) is 0.429. The number of halogens is 3. The van der Waals surface area contributed by atoms with Crippen molar-refractivity contribution in [3.63, 3.8) is 0 Å². The Kier molecular flexibility index (Phi) is 5.40. The Morgan fingerprint density at radius 2 is 1.91 bits per heavy atom. The van der Waals surface area contributed by atoms with Gasteiger partial charge in [-0.3, -0.25) is 13.9 Å². The first-order chi connectivity index (χ1) is 10.8. The van der Waals surface area contributed by atoms with Crippen LogP contribution in [-0.2, 0) is 18.4 Å². The second-order valence-electron chi connectivity index (χ2n) is 4.88. The number of hydrogen-bond donors (Lipinski definition) is 1. The Morgan fingerprint density at radius 3 is 2.57 bits per heavy atom. The zero-order chi connectivity index (χ0) is 17.0. The van der Waals surface area contributed by atoms with Gasteiger partial charge in [0, 0.05) is 32.3 Å². The first-order valence-corrected chi connectivity index (χ1v) is 7.90. The zero-order valence-corrected chi connectivity index (χ0v) is 13.2. The Hall–Kier alpha value is -1.90. The Balaban J connectivity index is 1.90. The predicted molar refractivity (Wildman–Crippen MR) is 83.3 cm³/mol. The number of thioether (sulfide) groups is 1. The monoisotopic (exact) mass is 347 g/mol. The number of benzene rings is 1. The SMILES string of the molecule is Cn1c(=O)n(CCC(=O)NCCSC(F)(F)F)c2ccccc21. The van der Waals surface area contributed by atoms with E-state index in [1.165, 1.54) is 9.13 Å². The molecule has 0 saturated heterocycles. The molecule has 1 N–H and O–H groups in total. The third-order valence-corrected chi connectivity index (χ3v) is 4.04. The van der Waals surface area contributed by atoms with E-state index in [1.807, 2.05) is 12.1 Å². The lowest BCUT2D eigenvalue weighted by atomic mass is 10.3. The molecule has 0 atom stereocenters. The summed E-state index contributed by atoms with van der Waals surface area (Å²) in [5.74, 6) is -0.615. The van der Waals surface area contributed by atoms with Gasteiger partial charge in [-0.25, -0.2) is 4.79 Å². The van der Waals surface area contributed by atoms with Gasteiger partial charge in [0.15, 0.2) is 0 Å². The number of alkyl halides is 3. The van der Waals surface area contributed by atoms with Crippen molar-refractivity contribution in [2.75, 3.05) is 12.3 Å². The number of imidazole rings is 1. The lowest BCUT2D eigenvalue weighted by Gasteiger charge is -2.07. The number of nitrogens with zero attached hydrogens (tertiary/aromatic N) is 2. The molecule has 23 heavy (non-hydrogen) atoms. The first-order valence-electron chi connectivity index (χ1n) is 6.91. The van der Waals surface area contributed by atoms with Crippen LogP contribution < -0.4 is 11.0 Å². The summed E-state index contributed by atoms with van der Waals surface area (Å²) >= 11 is -0.176. The molecule has 0 spiro atoms. The highest BCUT2D eigenvalue weighted by Crippen LogP contribution is 2.29. The molecule has 1 aromatic carbocycles. The van der Waals surface area contributed by atoms with Gasteiger partial charge in [0.2, 0.25) is 5.91 Å². The van der Waals surface area contributed by atoms with Gasteiger partial charge >= 0.3 is 11.2 Å². The molecule has 9 heteroatoms. The lowest BCUT2D eigenvalue weighted by molar-refractivity contribution is -0.121. The van der Waals surface area contributed by atoms with E-state index in [0.29, 0.717) is 0 Å². The molecule has 1 amide bonds. The van der Waals surface area contributed by atoms with E-state index in [9.17, 15) is 22.8 Å². The highest BCUT2D eigenvalue weighted by Gasteiger charge is 2.27. The number of carbonyl (C=O) groups is 1. The van der Waals surface area contributed by atoms with Crippen molar-refractivity contribution in [1.29, 1.82) is 0 Å². The molecule has 1 aromatic heterocycles. The molecular weight excluding hydrogens is 331 g/mol. The summed E-state index contributed by atoms with van der Waals surface area (Å²) in [4.78, 5) is 23.8. The number of carbonyl (C=O) groups excluding carboxylic acids is 1. The summed E-state index contributed by atoms with van der Waals surface area (Å²) in [5.41, 5.74) is -3.03. The summed E-state index contributed by atoms with van der Waals surface area (Å²) < 4.78 is 38.8. The average molecular weight is 347 g/mol. The molecule has 0 unspecified atom stereocenters. The fourth-order valence-electron chi connectivity index (χ4n) is 2.24. The zero-order valence-electron chi connectivity index (χ0n) is 12.4. The maximum Gasteiger partial charge on any atom is 0.441 e. The van der Waals surface area contributed by atoms with Crippen LogP contribution in [0.1, 0.15) is 6.42 Å². The van der Waals surface area contributed by atoms with E-state index in [2.05, 4.69) is 5.32 Å². The molecule has 0 radical (unpaired) electrons. The maximum absolute atomic E-state index is 12.1. The van der Waals surface area contributed by atoms with E-state index in [0.717, 1.165) is 11.0 Å². The molecule has 0 bridgehead atoms. The summed E-state index contributed by atoms with van der Waals surface area (Å²) in [6.45, 7) is 0.117. The van der Waals surface area contributed by atoms with Crippen molar-refractivity contribution in [3.8, 4) is 0 Å². The number of rotatable bonds is 6. The topological polar surface area (TPSA) is 56.0 Å². The second kappa shape index (κ2) is 7.12. The molecule has 2 rings (SSSR count). The highest BCUT2D eigenvalue weighted by atomic mass is 32.2. The Bertz CT molecular complexity index is 752. The van der Waals surface area contributed by atoms with Crippen molar-refractivity contribution in [2.24, 2.45) is 7.05 Å². The van der Waals surface area contributed by atoms with Crippen molar-refractivity contribution < 1.29 is 18.0 Å². The van der Waals surface area contributed by atoms with E-state index < -0.39 is 5.51 Å². The number of nitrogens with one attached hydrogen (secondary N) is 1. The summed E-state index contributed by atoms with van der Waals surface area (Å²) in [6.07, 6.45) is 0.0323. The van der Waals surface area contributed by atoms with Gasteiger partial charge < -0.3 is 5.32 Å². The van der Waals surface area contributed by atoms with Crippen LogP contribution in [-0.4, -0.2) is 32.8 Å². The van der Waals surface area contributed by atoms with Gasteiger partial charge in [-0.05, 0) is 23.9 Å². The standard InChI is InChI=1S/C14H16F3N3O2S/c1-19-10-4-2-3-5-11(10)20(13(19)22)8-6-12(21)18-7-9-23-14(15,16)17/h2-5H,6-9H2,1H3,(H,18,21). The molecule has 0 aliphatic rings. The van der Waals surface area contributed by atoms with Crippen LogP contribution in [0, 0.1) is 0 Å². The van der Waals surface area contributed by atoms with Crippen molar-refractivity contribution in [3.05, 3.63) is 34.7 Å². The molecule has 2 aromatic rings. The van der Waals surface area contributed by atoms with E-state index in [4.69, 9.17) is 0 Å². The lowest BCUT2D eigenvalue weighted by Crippen LogP contribution is -2.29. The Morgan fingerprint density at radius 1 is 1.26 bits per heavy atom. The smallest absolute Gasteiger partial charge is 0.355 e. The number of hydrogen-bond acceptors (Lipinski definition) is 3. The quantitative estimate of drug-likeness (QED) is 0.814. The van der Waals surface area contributed by atoms with Crippen molar-refractivity contribution >= 4 is 28.7 Å². The third kappa shape index (κ3) is 4.54. The molecule has 5 nitrogen and oxygen atoms in total.